The molecule has 0 spiro atoms. The van der Waals surface area contributed by atoms with Gasteiger partial charge in [0.1, 0.15) is 0 Å². The molecule has 0 fully saturated rings. The number of benzene rings is 2. The first kappa shape index (κ1) is 12.2. The Bertz CT molecular complexity index is 664. The Labute approximate surface area is 115 Å². The zero-order chi connectivity index (χ0) is 13.6. The highest BCUT2D eigenvalue weighted by Gasteiger charge is 2.16. The number of hydrogen-bond donors (Lipinski definition) is 0. The average Bonchev–Trinajstić information content (AvgIpc) is 2.68. The monoisotopic (exact) mass is 248 g/mol. The topological polar surface area (TPSA) is 0 Å². The molecule has 19 heavy (non-hydrogen) atoms. The lowest BCUT2D eigenvalue weighted by molar-refractivity contribution is 1.19. The lowest BCUT2D eigenvalue weighted by Gasteiger charge is -2.14. The van der Waals surface area contributed by atoms with Gasteiger partial charge < -0.3 is 0 Å². The van der Waals surface area contributed by atoms with Crippen molar-refractivity contribution >= 4 is 6.08 Å². The number of allylic oxidation sites excluding steroid dienone is 1. The number of aryl methyl sites for hydroxylation is 3. The van der Waals surface area contributed by atoms with Crippen LogP contribution in [0.25, 0.3) is 17.2 Å². The van der Waals surface area contributed by atoms with Gasteiger partial charge in [-0.3, -0.25) is 0 Å². The Morgan fingerprint density at radius 2 is 1.58 bits per heavy atom. The third kappa shape index (κ3) is 2.02. The lowest BCUT2D eigenvalue weighted by Crippen LogP contribution is -1.93. The summed E-state index contributed by atoms with van der Waals surface area (Å²) in [4.78, 5) is 0. The quantitative estimate of drug-likeness (QED) is 0.647. The van der Waals surface area contributed by atoms with E-state index < -0.39 is 0 Å². The van der Waals surface area contributed by atoms with E-state index in [1.165, 1.54) is 44.5 Å². The van der Waals surface area contributed by atoms with E-state index in [4.69, 9.17) is 0 Å². The first-order valence-corrected chi connectivity index (χ1v) is 6.93. The van der Waals surface area contributed by atoms with Crippen LogP contribution in [-0.2, 0) is 6.42 Å². The van der Waals surface area contributed by atoms with Crippen LogP contribution in [0, 0.1) is 20.8 Å². The van der Waals surface area contributed by atoms with E-state index in [9.17, 15) is 0 Å². The van der Waals surface area contributed by atoms with Crippen molar-refractivity contribution in [2.75, 3.05) is 0 Å². The molecule has 0 atom stereocenters. The van der Waals surface area contributed by atoms with E-state index in [0.717, 1.165) is 6.42 Å². The third-order valence-corrected chi connectivity index (χ3v) is 4.00. The molecule has 0 radical (unpaired) electrons. The van der Waals surface area contributed by atoms with Crippen LogP contribution in [0.1, 0.15) is 34.7 Å². The van der Waals surface area contributed by atoms with Crippen molar-refractivity contribution in [1.82, 2.24) is 0 Å². The van der Waals surface area contributed by atoms with E-state index in [1.54, 1.807) is 0 Å². The first-order chi connectivity index (χ1) is 9.06. The summed E-state index contributed by atoms with van der Waals surface area (Å²) in [6.07, 6.45) is 3.45. The highest BCUT2D eigenvalue weighted by atomic mass is 14.2. The van der Waals surface area contributed by atoms with Crippen molar-refractivity contribution < 1.29 is 0 Å². The molecule has 0 saturated carbocycles. The van der Waals surface area contributed by atoms with Gasteiger partial charge in [-0.05, 0) is 67.5 Å². The van der Waals surface area contributed by atoms with Crippen LogP contribution in [0.5, 0.6) is 0 Å². The molecule has 0 bridgehead atoms. The SMILES string of the molecule is CC1=Cc2c(cccc2-c2c(C)cc(C)cc2C)C1. The molecule has 2 aromatic carbocycles. The molecule has 0 heterocycles. The maximum Gasteiger partial charge on any atom is -0.00604 e. The molecule has 0 unspecified atom stereocenters. The van der Waals surface area contributed by atoms with Gasteiger partial charge in [0.25, 0.3) is 0 Å². The predicted molar refractivity (Wildman–Crippen MR) is 83.4 cm³/mol. The fourth-order valence-corrected chi connectivity index (χ4v) is 3.36. The maximum atomic E-state index is 2.35. The molecule has 1 aliphatic carbocycles. The van der Waals surface area contributed by atoms with Crippen molar-refractivity contribution in [2.45, 2.75) is 34.1 Å². The van der Waals surface area contributed by atoms with Gasteiger partial charge in [-0.25, -0.2) is 0 Å². The molecule has 96 valence electrons. The summed E-state index contributed by atoms with van der Waals surface area (Å²) in [5.41, 5.74) is 11.3. The van der Waals surface area contributed by atoms with Crippen LogP contribution in [0.3, 0.4) is 0 Å². The lowest BCUT2D eigenvalue weighted by atomic mass is 9.90. The van der Waals surface area contributed by atoms with Crippen LogP contribution in [-0.4, -0.2) is 0 Å². The van der Waals surface area contributed by atoms with Gasteiger partial charge in [-0.2, -0.15) is 0 Å². The molecule has 0 amide bonds. The van der Waals surface area contributed by atoms with Gasteiger partial charge in [-0.1, -0.05) is 47.5 Å². The Morgan fingerprint density at radius 3 is 2.26 bits per heavy atom. The number of fused-ring (bicyclic) bond motifs is 1. The highest BCUT2D eigenvalue weighted by molar-refractivity contribution is 5.83. The van der Waals surface area contributed by atoms with Crippen LogP contribution in [0.4, 0.5) is 0 Å². The van der Waals surface area contributed by atoms with Gasteiger partial charge in [0.05, 0.1) is 0 Å². The summed E-state index contributed by atoms with van der Waals surface area (Å²) in [7, 11) is 0. The van der Waals surface area contributed by atoms with Crippen LogP contribution >= 0.6 is 0 Å². The molecule has 0 aliphatic heterocycles. The van der Waals surface area contributed by atoms with Crippen molar-refractivity contribution in [3.05, 3.63) is 63.7 Å². The van der Waals surface area contributed by atoms with E-state index in [-0.39, 0.29) is 0 Å². The second-order valence-electron chi connectivity index (χ2n) is 5.82. The first-order valence-electron chi connectivity index (χ1n) is 6.93. The third-order valence-electron chi connectivity index (χ3n) is 4.00. The summed E-state index contributed by atoms with van der Waals surface area (Å²) in [5.74, 6) is 0. The molecule has 0 N–H and O–H groups in total. The van der Waals surface area contributed by atoms with Crippen molar-refractivity contribution in [2.24, 2.45) is 0 Å². The summed E-state index contributed by atoms with van der Waals surface area (Å²) >= 11 is 0. The minimum Gasteiger partial charge on any atom is -0.0683 e. The maximum absolute atomic E-state index is 2.35. The Kier molecular flexibility index (Phi) is 2.82. The summed E-state index contributed by atoms with van der Waals surface area (Å²) < 4.78 is 0. The zero-order valence-corrected chi connectivity index (χ0v) is 12.2. The summed E-state index contributed by atoms with van der Waals surface area (Å²) in [6, 6.07) is 11.3. The van der Waals surface area contributed by atoms with Gasteiger partial charge in [0.15, 0.2) is 0 Å². The van der Waals surface area contributed by atoms with Crippen molar-refractivity contribution in [3.8, 4) is 11.1 Å². The fraction of sp³-hybridized carbons (Fsp3) is 0.263. The molecular formula is C19H20. The van der Waals surface area contributed by atoms with E-state index in [1.807, 2.05) is 0 Å². The largest absolute Gasteiger partial charge is 0.0683 e. The summed E-state index contributed by atoms with van der Waals surface area (Å²) in [5, 5.41) is 0. The Morgan fingerprint density at radius 1 is 0.895 bits per heavy atom. The molecular weight excluding hydrogens is 228 g/mol. The van der Waals surface area contributed by atoms with Crippen molar-refractivity contribution in [1.29, 1.82) is 0 Å². The van der Waals surface area contributed by atoms with E-state index in [0.29, 0.717) is 0 Å². The minimum atomic E-state index is 1.10. The molecule has 0 nitrogen and oxygen atoms in total. The second kappa shape index (κ2) is 4.38. The van der Waals surface area contributed by atoms with E-state index in [2.05, 4.69) is 64.1 Å². The molecule has 0 heteroatoms. The Hall–Kier alpha value is -1.82. The number of rotatable bonds is 1. The minimum absolute atomic E-state index is 1.10. The fourth-order valence-electron chi connectivity index (χ4n) is 3.36. The van der Waals surface area contributed by atoms with Gasteiger partial charge in [0.2, 0.25) is 0 Å². The van der Waals surface area contributed by atoms with Crippen LogP contribution in [0.15, 0.2) is 35.9 Å². The van der Waals surface area contributed by atoms with Gasteiger partial charge in [0, 0.05) is 0 Å². The standard InChI is InChI=1S/C19H20/c1-12-8-14(3)19(15(4)9-12)17-7-5-6-16-10-13(2)11-18(16)17/h5-9,11H,10H2,1-4H3. The molecule has 1 aliphatic rings. The normalized spacial score (nSPS) is 13.4. The molecule has 0 aromatic heterocycles. The zero-order valence-electron chi connectivity index (χ0n) is 12.2. The smallest absolute Gasteiger partial charge is 0.00604 e. The Balaban J connectivity index is 2.28. The average molecular weight is 248 g/mol. The van der Waals surface area contributed by atoms with Gasteiger partial charge >= 0.3 is 0 Å². The second-order valence-corrected chi connectivity index (χ2v) is 5.82. The van der Waals surface area contributed by atoms with Gasteiger partial charge in [-0.15, -0.1) is 0 Å². The number of hydrogen-bond acceptors (Lipinski definition) is 0. The van der Waals surface area contributed by atoms with Crippen LogP contribution in [0.2, 0.25) is 0 Å². The van der Waals surface area contributed by atoms with Crippen LogP contribution < -0.4 is 0 Å². The molecule has 2 aromatic rings. The summed E-state index contributed by atoms with van der Waals surface area (Å²) in [6.45, 7) is 8.84. The molecule has 3 rings (SSSR count). The van der Waals surface area contributed by atoms with Crippen molar-refractivity contribution in [3.63, 3.8) is 0 Å². The van der Waals surface area contributed by atoms with E-state index >= 15 is 0 Å². The molecule has 0 saturated heterocycles. The predicted octanol–water partition coefficient (Wildman–Crippen LogP) is 5.24. The highest BCUT2D eigenvalue weighted by Crippen LogP contribution is 2.37.